The van der Waals surface area contributed by atoms with Crippen LogP contribution >= 0.6 is 0 Å². The monoisotopic (exact) mass is 204 g/mol. The first kappa shape index (κ1) is 10.0. The molecule has 0 amide bonds. The van der Waals surface area contributed by atoms with E-state index in [2.05, 4.69) is 37.2 Å². The van der Waals surface area contributed by atoms with Crippen LogP contribution in [0.25, 0.3) is 11.0 Å². The fraction of sp³-hybridized carbons (Fsp3) is 0.417. The van der Waals surface area contributed by atoms with Gasteiger partial charge in [-0.05, 0) is 23.6 Å². The molecule has 0 aliphatic heterocycles. The van der Waals surface area contributed by atoms with Crippen molar-refractivity contribution in [3.63, 3.8) is 0 Å². The first-order valence-corrected chi connectivity index (χ1v) is 5.16. The highest BCUT2D eigenvalue weighted by atomic mass is 16.5. The predicted octanol–water partition coefficient (Wildman–Crippen LogP) is 3.02. The molecule has 0 atom stereocenters. The molecule has 0 fully saturated rings. The Morgan fingerprint density at radius 3 is 2.60 bits per heavy atom. The Hall–Kier alpha value is -1.51. The molecule has 0 unspecified atom stereocenters. The van der Waals surface area contributed by atoms with E-state index in [4.69, 9.17) is 4.52 Å². The largest absolute Gasteiger partial charge is 0.359 e. The molecule has 0 saturated heterocycles. The topological polar surface area (TPSA) is 29.3 Å². The van der Waals surface area contributed by atoms with Crippen molar-refractivity contribution >= 4 is 16.8 Å². The highest BCUT2D eigenvalue weighted by Gasteiger charge is 2.10. The molecule has 0 aliphatic carbocycles. The number of hydrogen-bond acceptors (Lipinski definition) is 3. The molecule has 2 aromatic rings. The third-order valence-corrected chi connectivity index (χ3v) is 2.57. The zero-order chi connectivity index (χ0) is 11.0. The van der Waals surface area contributed by atoms with E-state index in [0.29, 0.717) is 5.92 Å². The maximum Gasteiger partial charge on any atom is 0.179 e. The zero-order valence-electron chi connectivity index (χ0n) is 9.61. The molecule has 3 nitrogen and oxygen atoms in total. The molecule has 1 aromatic carbocycles. The third-order valence-electron chi connectivity index (χ3n) is 2.57. The van der Waals surface area contributed by atoms with Crippen molar-refractivity contribution in [2.24, 2.45) is 0 Å². The molecular formula is C12H16N2O. The number of nitrogens with zero attached hydrogens (tertiary/aromatic N) is 2. The Morgan fingerprint density at radius 1 is 1.27 bits per heavy atom. The summed E-state index contributed by atoms with van der Waals surface area (Å²) in [7, 11) is 3.93. The Morgan fingerprint density at radius 2 is 2.00 bits per heavy atom. The van der Waals surface area contributed by atoms with Crippen molar-refractivity contribution in [1.29, 1.82) is 0 Å². The van der Waals surface area contributed by atoms with Gasteiger partial charge in [0.05, 0.1) is 5.39 Å². The molecule has 80 valence electrons. The maximum absolute atomic E-state index is 5.31. The first-order valence-electron chi connectivity index (χ1n) is 5.16. The van der Waals surface area contributed by atoms with Gasteiger partial charge in [0.25, 0.3) is 0 Å². The number of rotatable bonds is 2. The van der Waals surface area contributed by atoms with E-state index in [9.17, 15) is 0 Å². The molecule has 0 bridgehead atoms. The van der Waals surface area contributed by atoms with Gasteiger partial charge in [0.2, 0.25) is 0 Å². The SMILES string of the molecule is CC(C)c1ccc2c(N(C)C)noc2c1. The summed E-state index contributed by atoms with van der Waals surface area (Å²) >= 11 is 0. The summed E-state index contributed by atoms with van der Waals surface area (Å²) in [6, 6.07) is 6.29. The molecule has 15 heavy (non-hydrogen) atoms. The number of anilines is 1. The second kappa shape index (κ2) is 3.57. The van der Waals surface area contributed by atoms with Crippen LogP contribution in [0.5, 0.6) is 0 Å². The number of benzene rings is 1. The van der Waals surface area contributed by atoms with Crippen molar-refractivity contribution in [3.05, 3.63) is 23.8 Å². The summed E-state index contributed by atoms with van der Waals surface area (Å²) in [6.07, 6.45) is 0. The summed E-state index contributed by atoms with van der Waals surface area (Å²) < 4.78 is 5.31. The van der Waals surface area contributed by atoms with Crippen molar-refractivity contribution in [3.8, 4) is 0 Å². The molecule has 0 spiro atoms. The second-order valence-electron chi connectivity index (χ2n) is 4.31. The fourth-order valence-corrected chi connectivity index (χ4v) is 1.62. The van der Waals surface area contributed by atoms with E-state index >= 15 is 0 Å². The standard InChI is InChI=1S/C12H16N2O/c1-8(2)9-5-6-10-11(7-9)15-13-12(10)14(3)4/h5-8H,1-4H3. The molecule has 1 aromatic heterocycles. The molecule has 0 radical (unpaired) electrons. The van der Waals surface area contributed by atoms with Crippen molar-refractivity contribution in [2.75, 3.05) is 19.0 Å². The van der Waals surface area contributed by atoms with E-state index < -0.39 is 0 Å². The van der Waals surface area contributed by atoms with Crippen LogP contribution in [0.15, 0.2) is 22.7 Å². The van der Waals surface area contributed by atoms with Crippen LogP contribution in [-0.4, -0.2) is 19.3 Å². The van der Waals surface area contributed by atoms with Crippen LogP contribution in [0.3, 0.4) is 0 Å². The van der Waals surface area contributed by atoms with E-state index in [1.54, 1.807) is 0 Å². The number of hydrogen-bond donors (Lipinski definition) is 0. The summed E-state index contributed by atoms with van der Waals surface area (Å²) in [5, 5.41) is 5.12. The predicted molar refractivity (Wildman–Crippen MR) is 62.4 cm³/mol. The van der Waals surface area contributed by atoms with Gasteiger partial charge >= 0.3 is 0 Å². The average Bonchev–Trinajstić information content (AvgIpc) is 2.59. The minimum atomic E-state index is 0.516. The van der Waals surface area contributed by atoms with Crippen molar-refractivity contribution in [2.45, 2.75) is 19.8 Å². The highest BCUT2D eigenvalue weighted by Crippen LogP contribution is 2.27. The quantitative estimate of drug-likeness (QED) is 0.753. The van der Waals surface area contributed by atoms with Gasteiger partial charge in [0, 0.05) is 14.1 Å². The Labute approximate surface area is 89.7 Å². The van der Waals surface area contributed by atoms with Crippen LogP contribution in [0.1, 0.15) is 25.3 Å². The molecule has 0 aliphatic rings. The average molecular weight is 204 g/mol. The lowest BCUT2D eigenvalue weighted by Gasteiger charge is -2.07. The zero-order valence-corrected chi connectivity index (χ0v) is 9.61. The normalized spacial score (nSPS) is 11.3. The van der Waals surface area contributed by atoms with Crippen LogP contribution < -0.4 is 4.90 Å². The highest BCUT2D eigenvalue weighted by molar-refractivity contribution is 5.88. The lowest BCUT2D eigenvalue weighted by molar-refractivity contribution is 0.457. The minimum absolute atomic E-state index is 0.516. The van der Waals surface area contributed by atoms with E-state index in [0.717, 1.165) is 16.8 Å². The maximum atomic E-state index is 5.31. The van der Waals surface area contributed by atoms with Crippen LogP contribution in [0.2, 0.25) is 0 Å². The lowest BCUT2D eigenvalue weighted by atomic mass is 10.0. The van der Waals surface area contributed by atoms with Gasteiger partial charge in [0.1, 0.15) is 0 Å². The lowest BCUT2D eigenvalue weighted by Crippen LogP contribution is -2.08. The summed E-state index contributed by atoms with van der Waals surface area (Å²) in [5.74, 6) is 1.41. The van der Waals surface area contributed by atoms with Crippen molar-refractivity contribution in [1.82, 2.24) is 5.16 Å². The van der Waals surface area contributed by atoms with Crippen molar-refractivity contribution < 1.29 is 4.52 Å². The Kier molecular flexibility index (Phi) is 2.39. The van der Waals surface area contributed by atoms with Gasteiger partial charge in [-0.3, -0.25) is 0 Å². The molecule has 3 heteroatoms. The van der Waals surface area contributed by atoms with Crippen LogP contribution in [-0.2, 0) is 0 Å². The Balaban J connectivity index is 2.57. The van der Waals surface area contributed by atoms with E-state index in [1.165, 1.54) is 5.56 Å². The van der Waals surface area contributed by atoms with Gasteiger partial charge in [-0.2, -0.15) is 0 Å². The summed E-state index contributed by atoms with van der Waals surface area (Å²) in [6.45, 7) is 4.34. The fourth-order valence-electron chi connectivity index (χ4n) is 1.62. The molecule has 0 N–H and O–H groups in total. The molecular weight excluding hydrogens is 188 g/mol. The summed E-state index contributed by atoms with van der Waals surface area (Å²) in [4.78, 5) is 1.96. The van der Waals surface area contributed by atoms with Gasteiger partial charge in [-0.1, -0.05) is 25.1 Å². The third kappa shape index (κ3) is 1.69. The van der Waals surface area contributed by atoms with Gasteiger partial charge in [0.15, 0.2) is 11.4 Å². The molecule has 2 rings (SSSR count). The second-order valence-corrected chi connectivity index (χ2v) is 4.31. The van der Waals surface area contributed by atoms with E-state index in [1.807, 2.05) is 19.0 Å². The van der Waals surface area contributed by atoms with Crippen LogP contribution in [0, 0.1) is 0 Å². The smallest absolute Gasteiger partial charge is 0.179 e. The molecule has 1 heterocycles. The van der Waals surface area contributed by atoms with Crippen LogP contribution in [0.4, 0.5) is 5.82 Å². The van der Waals surface area contributed by atoms with E-state index in [-0.39, 0.29) is 0 Å². The summed E-state index contributed by atoms with van der Waals surface area (Å²) in [5.41, 5.74) is 2.15. The van der Waals surface area contributed by atoms with Gasteiger partial charge in [-0.15, -0.1) is 0 Å². The number of aromatic nitrogens is 1. The first-order chi connectivity index (χ1) is 7.09. The van der Waals surface area contributed by atoms with Gasteiger partial charge in [-0.25, -0.2) is 0 Å². The number of fused-ring (bicyclic) bond motifs is 1. The Bertz CT molecular complexity index is 471. The minimum Gasteiger partial charge on any atom is -0.359 e. The van der Waals surface area contributed by atoms with Gasteiger partial charge < -0.3 is 9.42 Å². The molecule has 0 saturated carbocycles.